The minimum absolute atomic E-state index is 0.0104. The molecule has 0 bridgehead atoms. The fourth-order valence-corrected chi connectivity index (χ4v) is 1.74. The Morgan fingerprint density at radius 3 is 2.53 bits per heavy atom. The number of rotatable bonds is 4. The van der Waals surface area contributed by atoms with E-state index >= 15 is 0 Å². The molecular weight excluding hydrogens is 246 g/mol. The van der Waals surface area contributed by atoms with E-state index in [9.17, 15) is 9.59 Å². The summed E-state index contributed by atoms with van der Waals surface area (Å²) >= 11 is 0. The number of aromatic nitrogens is 1. The summed E-state index contributed by atoms with van der Waals surface area (Å²) in [4.78, 5) is 27.5. The average Bonchev–Trinajstić information content (AvgIpc) is 2.46. The van der Waals surface area contributed by atoms with Crippen LogP contribution in [0.2, 0.25) is 0 Å². The first-order valence-corrected chi connectivity index (χ1v) is 5.51. The zero-order chi connectivity index (χ0) is 13.8. The molecule has 96 valence electrons. The van der Waals surface area contributed by atoms with E-state index in [2.05, 4.69) is 4.98 Å². The number of carboxylic acid groups (broad SMARTS) is 1. The van der Waals surface area contributed by atoms with E-state index < -0.39 is 11.8 Å². The van der Waals surface area contributed by atoms with Crippen LogP contribution in [0, 0.1) is 0 Å². The third-order valence-electron chi connectivity index (χ3n) is 2.60. The molecule has 1 heterocycles. The van der Waals surface area contributed by atoms with E-state index in [4.69, 9.17) is 9.84 Å². The van der Waals surface area contributed by atoms with Crippen molar-refractivity contribution in [3.05, 3.63) is 59.4 Å². The minimum atomic E-state index is -1.18. The second-order valence-corrected chi connectivity index (χ2v) is 3.73. The number of benzene rings is 1. The van der Waals surface area contributed by atoms with Gasteiger partial charge < -0.3 is 9.84 Å². The summed E-state index contributed by atoms with van der Waals surface area (Å²) in [7, 11) is 1.39. The molecule has 0 aliphatic heterocycles. The summed E-state index contributed by atoms with van der Waals surface area (Å²) < 4.78 is 5.07. The summed E-state index contributed by atoms with van der Waals surface area (Å²) in [6.07, 6.45) is 1.48. The van der Waals surface area contributed by atoms with E-state index in [-0.39, 0.29) is 22.6 Å². The Morgan fingerprint density at radius 1 is 1.16 bits per heavy atom. The van der Waals surface area contributed by atoms with Gasteiger partial charge in [0.25, 0.3) is 0 Å². The molecule has 2 aromatic rings. The van der Waals surface area contributed by atoms with Crippen molar-refractivity contribution in [3.8, 4) is 5.75 Å². The quantitative estimate of drug-likeness (QED) is 0.848. The van der Waals surface area contributed by atoms with Crippen molar-refractivity contribution in [1.82, 2.24) is 4.98 Å². The highest BCUT2D eigenvalue weighted by Crippen LogP contribution is 2.24. The lowest BCUT2D eigenvalue weighted by molar-refractivity contribution is 0.0692. The first-order chi connectivity index (χ1) is 9.15. The van der Waals surface area contributed by atoms with Crippen LogP contribution in [0.4, 0.5) is 0 Å². The van der Waals surface area contributed by atoms with Crippen molar-refractivity contribution >= 4 is 11.8 Å². The third-order valence-corrected chi connectivity index (χ3v) is 2.60. The van der Waals surface area contributed by atoms with Gasteiger partial charge in [0, 0.05) is 6.20 Å². The summed E-state index contributed by atoms with van der Waals surface area (Å²) in [5, 5.41) is 9.15. The highest BCUT2D eigenvalue weighted by atomic mass is 16.5. The Bertz CT molecular complexity index is 623. The number of aromatic carboxylic acids is 1. The zero-order valence-electron chi connectivity index (χ0n) is 10.2. The lowest BCUT2D eigenvalue weighted by atomic mass is 10.00. The lowest BCUT2D eigenvalue weighted by Gasteiger charge is -2.10. The summed E-state index contributed by atoms with van der Waals surface area (Å²) in [5.74, 6) is -1.44. The smallest absolute Gasteiger partial charge is 0.336 e. The predicted octanol–water partition coefficient (Wildman–Crippen LogP) is 2.02. The van der Waals surface area contributed by atoms with Crippen LogP contribution in [0.1, 0.15) is 26.4 Å². The SMILES string of the molecule is COc1cccc(C(=O)O)c1C(=O)c1ccccn1. The Morgan fingerprint density at radius 2 is 1.95 bits per heavy atom. The minimum Gasteiger partial charge on any atom is -0.496 e. The van der Waals surface area contributed by atoms with Crippen LogP contribution in [-0.4, -0.2) is 29.0 Å². The molecule has 0 atom stereocenters. The van der Waals surface area contributed by atoms with Crippen LogP contribution in [-0.2, 0) is 0 Å². The fourth-order valence-electron chi connectivity index (χ4n) is 1.74. The number of ketones is 1. The van der Waals surface area contributed by atoms with E-state index in [1.165, 1.54) is 31.5 Å². The third kappa shape index (κ3) is 2.44. The number of nitrogens with zero attached hydrogens (tertiary/aromatic N) is 1. The summed E-state index contributed by atoms with van der Waals surface area (Å²) in [6, 6.07) is 9.30. The van der Waals surface area contributed by atoms with Crippen LogP contribution in [0.3, 0.4) is 0 Å². The fraction of sp³-hybridized carbons (Fsp3) is 0.0714. The van der Waals surface area contributed by atoms with Gasteiger partial charge in [-0.2, -0.15) is 0 Å². The molecule has 0 radical (unpaired) electrons. The van der Waals surface area contributed by atoms with E-state index in [0.29, 0.717) is 0 Å². The second-order valence-electron chi connectivity index (χ2n) is 3.73. The van der Waals surface area contributed by atoms with E-state index in [0.717, 1.165) is 0 Å². The van der Waals surface area contributed by atoms with Gasteiger partial charge >= 0.3 is 5.97 Å². The van der Waals surface area contributed by atoms with E-state index in [1.807, 2.05) is 0 Å². The molecule has 19 heavy (non-hydrogen) atoms. The van der Waals surface area contributed by atoms with Gasteiger partial charge in [-0.3, -0.25) is 9.78 Å². The van der Waals surface area contributed by atoms with Gasteiger partial charge in [0.2, 0.25) is 5.78 Å². The van der Waals surface area contributed by atoms with Gasteiger partial charge in [0.15, 0.2) is 0 Å². The molecule has 0 aliphatic carbocycles. The van der Waals surface area contributed by atoms with Gasteiger partial charge in [-0.05, 0) is 24.3 Å². The maximum Gasteiger partial charge on any atom is 0.336 e. The molecule has 0 amide bonds. The molecule has 5 heteroatoms. The monoisotopic (exact) mass is 257 g/mol. The number of ether oxygens (including phenoxy) is 1. The molecule has 0 saturated heterocycles. The first kappa shape index (κ1) is 12.8. The molecule has 0 unspecified atom stereocenters. The Balaban J connectivity index is 2.61. The number of methoxy groups -OCH3 is 1. The lowest BCUT2D eigenvalue weighted by Crippen LogP contribution is -2.12. The molecular formula is C14H11NO4. The highest BCUT2D eigenvalue weighted by Gasteiger charge is 2.22. The van der Waals surface area contributed by atoms with Gasteiger partial charge in [-0.25, -0.2) is 4.79 Å². The molecule has 2 rings (SSSR count). The highest BCUT2D eigenvalue weighted by molar-refractivity contribution is 6.15. The predicted molar refractivity (Wildman–Crippen MR) is 67.6 cm³/mol. The zero-order valence-corrected chi connectivity index (χ0v) is 10.2. The molecule has 0 fully saturated rings. The van der Waals surface area contributed by atoms with Crippen molar-refractivity contribution in [2.75, 3.05) is 7.11 Å². The van der Waals surface area contributed by atoms with Gasteiger partial charge in [-0.15, -0.1) is 0 Å². The number of pyridine rings is 1. The van der Waals surface area contributed by atoms with Crippen LogP contribution in [0.25, 0.3) is 0 Å². The molecule has 0 spiro atoms. The number of hydrogen-bond acceptors (Lipinski definition) is 4. The molecule has 1 aromatic carbocycles. The largest absolute Gasteiger partial charge is 0.496 e. The first-order valence-electron chi connectivity index (χ1n) is 5.51. The van der Waals surface area contributed by atoms with Crippen molar-refractivity contribution in [2.24, 2.45) is 0 Å². The van der Waals surface area contributed by atoms with Crippen LogP contribution < -0.4 is 4.74 Å². The van der Waals surface area contributed by atoms with Crippen molar-refractivity contribution in [3.63, 3.8) is 0 Å². The van der Waals surface area contributed by atoms with E-state index in [1.54, 1.807) is 18.2 Å². The number of hydrogen-bond donors (Lipinski definition) is 1. The number of carboxylic acids is 1. The maximum absolute atomic E-state index is 12.3. The Labute approximate surface area is 109 Å². The van der Waals surface area contributed by atoms with Crippen molar-refractivity contribution < 1.29 is 19.4 Å². The Hall–Kier alpha value is -2.69. The van der Waals surface area contributed by atoms with Gasteiger partial charge in [0.1, 0.15) is 11.4 Å². The normalized spacial score (nSPS) is 9.95. The van der Waals surface area contributed by atoms with Crippen molar-refractivity contribution in [1.29, 1.82) is 0 Å². The molecule has 5 nitrogen and oxygen atoms in total. The Kier molecular flexibility index (Phi) is 3.56. The van der Waals surface area contributed by atoms with Gasteiger partial charge in [-0.1, -0.05) is 12.1 Å². The molecule has 0 aliphatic rings. The van der Waals surface area contributed by atoms with Crippen LogP contribution in [0.5, 0.6) is 5.75 Å². The van der Waals surface area contributed by atoms with Crippen LogP contribution in [0.15, 0.2) is 42.6 Å². The second kappa shape index (κ2) is 5.30. The average molecular weight is 257 g/mol. The van der Waals surface area contributed by atoms with Crippen molar-refractivity contribution in [2.45, 2.75) is 0 Å². The molecule has 0 saturated carbocycles. The summed E-state index contributed by atoms with van der Waals surface area (Å²) in [6.45, 7) is 0. The summed E-state index contributed by atoms with van der Waals surface area (Å²) in [5.41, 5.74) is 0.0840. The number of carbonyl (C=O) groups is 2. The van der Waals surface area contributed by atoms with Crippen LogP contribution >= 0.6 is 0 Å². The molecule has 1 N–H and O–H groups in total. The van der Waals surface area contributed by atoms with Gasteiger partial charge in [0.05, 0.1) is 18.2 Å². The maximum atomic E-state index is 12.3. The standard InChI is InChI=1S/C14H11NO4/c1-19-11-7-4-5-9(14(17)18)12(11)13(16)10-6-2-3-8-15-10/h2-8H,1H3,(H,17,18). The topological polar surface area (TPSA) is 76.5 Å². The molecule has 1 aromatic heterocycles. The number of carbonyl (C=O) groups excluding carboxylic acids is 1.